The van der Waals surface area contributed by atoms with E-state index in [2.05, 4.69) is 15.9 Å². The number of hydrogen-bond donors (Lipinski definition) is 0. The van der Waals surface area contributed by atoms with Gasteiger partial charge in [-0.15, -0.1) is 0 Å². The maximum absolute atomic E-state index is 12.9. The van der Waals surface area contributed by atoms with Crippen LogP contribution in [0.15, 0.2) is 70.9 Å². The van der Waals surface area contributed by atoms with Crippen molar-refractivity contribution in [1.82, 2.24) is 0 Å². The quantitative estimate of drug-likeness (QED) is 0.326. The Morgan fingerprint density at radius 2 is 1.75 bits per heavy atom. The Hall–Kier alpha value is -3.38. The zero-order chi connectivity index (χ0) is 22.8. The summed E-state index contributed by atoms with van der Waals surface area (Å²) in [6.45, 7) is 1.73. The van der Waals surface area contributed by atoms with Crippen molar-refractivity contribution in [2.75, 3.05) is 25.6 Å². The lowest BCUT2D eigenvalue weighted by molar-refractivity contribution is 0.0920. The first kappa shape index (κ1) is 21.8. The van der Waals surface area contributed by atoms with Gasteiger partial charge in [0.15, 0.2) is 18.1 Å². The highest BCUT2D eigenvalue weighted by Gasteiger charge is 2.30. The Labute approximate surface area is 195 Å². The minimum atomic E-state index is -0.160. The molecular formula is C26H22BrNO4. The Morgan fingerprint density at radius 1 is 1.06 bits per heavy atom. The number of nitrogens with zero attached hydrogens (tertiary/aromatic N) is 1. The van der Waals surface area contributed by atoms with Gasteiger partial charge in [0.05, 0.1) is 5.56 Å². The number of Topliss-reactive ketones (excluding diaryl/α,β-unsaturated/α-hetero) is 2. The van der Waals surface area contributed by atoms with Crippen LogP contribution in [0.2, 0.25) is 0 Å². The number of benzene rings is 3. The van der Waals surface area contributed by atoms with Crippen molar-refractivity contribution in [3.63, 3.8) is 0 Å². The van der Waals surface area contributed by atoms with E-state index < -0.39 is 0 Å². The van der Waals surface area contributed by atoms with Crippen LogP contribution in [0, 0.1) is 6.92 Å². The molecule has 0 saturated carbocycles. The highest BCUT2D eigenvalue weighted by Crippen LogP contribution is 2.37. The minimum Gasteiger partial charge on any atom is -0.485 e. The van der Waals surface area contributed by atoms with E-state index in [-0.39, 0.29) is 23.9 Å². The van der Waals surface area contributed by atoms with Gasteiger partial charge in [0.25, 0.3) is 0 Å². The third-order valence-electron chi connectivity index (χ3n) is 5.19. The van der Waals surface area contributed by atoms with Gasteiger partial charge in [-0.2, -0.15) is 0 Å². The van der Waals surface area contributed by atoms with Crippen molar-refractivity contribution in [3.8, 4) is 11.5 Å². The summed E-state index contributed by atoms with van der Waals surface area (Å²) in [4.78, 5) is 27.3. The minimum absolute atomic E-state index is 0.102. The van der Waals surface area contributed by atoms with Crippen molar-refractivity contribution in [2.45, 2.75) is 6.92 Å². The van der Waals surface area contributed by atoms with Gasteiger partial charge in [0, 0.05) is 35.9 Å². The molecule has 0 fully saturated rings. The maximum Gasteiger partial charge on any atom is 0.232 e. The average molecular weight is 492 g/mol. The molecule has 1 heterocycles. The lowest BCUT2D eigenvalue weighted by Crippen LogP contribution is -2.11. The molecule has 162 valence electrons. The van der Waals surface area contributed by atoms with E-state index in [9.17, 15) is 9.59 Å². The summed E-state index contributed by atoms with van der Waals surface area (Å²) in [5.41, 5.74) is 3.78. The summed E-state index contributed by atoms with van der Waals surface area (Å²) in [6, 6.07) is 18.4. The number of aryl methyl sites for hydroxylation is 1. The monoisotopic (exact) mass is 491 g/mol. The molecule has 0 atom stereocenters. The SMILES string of the molecule is Cc1cc(OCC(=O)c2ccc(Br)cc2)cc2c1C(=O)/C(=C/c1ccc(N(C)C)cc1)O2. The van der Waals surface area contributed by atoms with Crippen LogP contribution in [-0.2, 0) is 0 Å². The molecule has 0 radical (unpaired) electrons. The molecule has 4 rings (SSSR count). The summed E-state index contributed by atoms with van der Waals surface area (Å²) in [5, 5.41) is 0. The summed E-state index contributed by atoms with van der Waals surface area (Å²) < 4.78 is 12.5. The first-order valence-electron chi connectivity index (χ1n) is 10.1. The molecule has 6 heteroatoms. The second-order valence-electron chi connectivity index (χ2n) is 7.76. The van der Waals surface area contributed by atoms with Gasteiger partial charge in [-0.25, -0.2) is 0 Å². The van der Waals surface area contributed by atoms with E-state index >= 15 is 0 Å². The first-order chi connectivity index (χ1) is 15.3. The lowest BCUT2D eigenvalue weighted by atomic mass is 10.0. The van der Waals surface area contributed by atoms with Gasteiger partial charge in [-0.05, 0) is 54.5 Å². The number of halogens is 1. The van der Waals surface area contributed by atoms with Crippen molar-refractivity contribution < 1.29 is 19.1 Å². The van der Waals surface area contributed by atoms with E-state index in [0.29, 0.717) is 22.6 Å². The number of anilines is 1. The molecule has 0 aliphatic carbocycles. The van der Waals surface area contributed by atoms with Crippen molar-refractivity contribution in [2.24, 2.45) is 0 Å². The number of ether oxygens (including phenoxy) is 2. The van der Waals surface area contributed by atoms with Crippen LogP contribution < -0.4 is 14.4 Å². The number of rotatable bonds is 6. The second-order valence-corrected chi connectivity index (χ2v) is 8.67. The summed E-state index contributed by atoms with van der Waals surface area (Å²) in [7, 11) is 3.95. The molecular weight excluding hydrogens is 470 g/mol. The van der Waals surface area contributed by atoms with Crippen LogP contribution in [0.4, 0.5) is 5.69 Å². The molecule has 0 spiro atoms. The highest BCUT2D eigenvalue weighted by molar-refractivity contribution is 9.10. The molecule has 3 aromatic carbocycles. The molecule has 0 N–H and O–H groups in total. The molecule has 0 saturated heterocycles. The molecule has 3 aromatic rings. The van der Waals surface area contributed by atoms with Crippen LogP contribution in [0.5, 0.6) is 11.5 Å². The van der Waals surface area contributed by atoms with E-state index in [1.807, 2.05) is 62.3 Å². The van der Waals surface area contributed by atoms with E-state index in [1.165, 1.54) is 0 Å². The number of carbonyl (C=O) groups is 2. The zero-order valence-electron chi connectivity index (χ0n) is 18.0. The fourth-order valence-electron chi connectivity index (χ4n) is 3.45. The van der Waals surface area contributed by atoms with Gasteiger partial charge in [0.2, 0.25) is 5.78 Å². The Bertz CT molecular complexity index is 1210. The second kappa shape index (κ2) is 9.01. The number of fused-ring (bicyclic) bond motifs is 1. The standard InChI is InChI=1S/C26H22BrNO4/c1-16-12-21(31-15-22(29)18-6-8-19(27)9-7-18)14-23-25(16)26(30)24(32-23)13-17-4-10-20(11-5-17)28(2)3/h4-14H,15H2,1-3H3/b24-13-. The number of carbonyl (C=O) groups excluding carboxylic acids is 2. The van der Waals surface area contributed by atoms with Crippen molar-refractivity contribution in [3.05, 3.63) is 93.1 Å². The van der Waals surface area contributed by atoms with Crippen LogP contribution in [0.1, 0.15) is 31.8 Å². The summed E-state index contributed by atoms with van der Waals surface area (Å²) in [6.07, 6.45) is 1.73. The smallest absolute Gasteiger partial charge is 0.232 e. The van der Waals surface area contributed by atoms with Crippen LogP contribution >= 0.6 is 15.9 Å². The lowest BCUT2D eigenvalue weighted by Gasteiger charge is -2.11. The van der Waals surface area contributed by atoms with Gasteiger partial charge in [0.1, 0.15) is 11.5 Å². The van der Waals surface area contributed by atoms with Gasteiger partial charge in [-0.3, -0.25) is 9.59 Å². The number of hydrogen-bond acceptors (Lipinski definition) is 5. The molecule has 0 aromatic heterocycles. The molecule has 0 amide bonds. The Balaban J connectivity index is 1.50. The first-order valence-corrected chi connectivity index (χ1v) is 10.9. The van der Waals surface area contributed by atoms with Gasteiger partial charge < -0.3 is 14.4 Å². The fraction of sp³-hybridized carbons (Fsp3) is 0.154. The van der Waals surface area contributed by atoms with Crippen LogP contribution in [-0.4, -0.2) is 32.3 Å². The normalized spacial score (nSPS) is 13.6. The van der Waals surface area contributed by atoms with Gasteiger partial charge >= 0.3 is 0 Å². The third kappa shape index (κ3) is 4.60. The average Bonchev–Trinajstić information content (AvgIpc) is 3.08. The summed E-state index contributed by atoms with van der Waals surface area (Å²) >= 11 is 3.36. The van der Waals surface area contributed by atoms with E-state index in [0.717, 1.165) is 21.3 Å². The Morgan fingerprint density at radius 3 is 2.41 bits per heavy atom. The van der Waals surface area contributed by atoms with Crippen molar-refractivity contribution in [1.29, 1.82) is 0 Å². The maximum atomic E-state index is 12.9. The van der Waals surface area contributed by atoms with Gasteiger partial charge in [-0.1, -0.05) is 40.2 Å². The molecule has 0 bridgehead atoms. The molecule has 0 unspecified atom stereocenters. The Kier molecular flexibility index (Phi) is 6.15. The summed E-state index contributed by atoms with van der Waals surface area (Å²) in [5.74, 6) is 0.901. The molecule has 1 aliphatic heterocycles. The fourth-order valence-corrected chi connectivity index (χ4v) is 3.71. The molecule has 32 heavy (non-hydrogen) atoms. The van der Waals surface area contributed by atoms with E-state index in [1.54, 1.807) is 30.3 Å². The van der Waals surface area contributed by atoms with Crippen molar-refractivity contribution >= 4 is 39.3 Å². The topological polar surface area (TPSA) is 55.8 Å². The number of ketones is 2. The third-order valence-corrected chi connectivity index (χ3v) is 5.72. The highest BCUT2D eigenvalue weighted by atomic mass is 79.9. The largest absolute Gasteiger partial charge is 0.485 e. The predicted octanol–water partition coefficient (Wildman–Crippen LogP) is 5.70. The van der Waals surface area contributed by atoms with Crippen LogP contribution in [0.3, 0.4) is 0 Å². The molecule has 1 aliphatic rings. The van der Waals surface area contributed by atoms with Crippen LogP contribution in [0.25, 0.3) is 6.08 Å². The number of allylic oxidation sites excluding steroid dienone is 1. The van der Waals surface area contributed by atoms with E-state index in [4.69, 9.17) is 9.47 Å². The zero-order valence-corrected chi connectivity index (χ0v) is 19.6. The predicted molar refractivity (Wildman–Crippen MR) is 129 cm³/mol. The molecule has 5 nitrogen and oxygen atoms in total.